The maximum absolute atomic E-state index is 12.9. The van der Waals surface area contributed by atoms with Crippen molar-refractivity contribution in [3.8, 4) is 0 Å². The summed E-state index contributed by atoms with van der Waals surface area (Å²) in [7, 11) is 0. The third-order valence-corrected chi connectivity index (χ3v) is 3.04. The van der Waals surface area contributed by atoms with E-state index >= 15 is 0 Å². The van der Waals surface area contributed by atoms with Gasteiger partial charge in [-0.3, -0.25) is 0 Å². The lowest BCUT2D eigenvalue weighted by Crippen LogP contribution is -3.11. The van der Waals surface area contributed by atoms with Crippen LogP contribution in [0.2, 0.25) is 0 Å². The molecule has 0 aliphatic carbocycles. The van der Waals surface area contributed by atoms with Gasteiger partial charge in [-0.2, -0.15) is 0 Å². The zero-order chi connectivity index (χ0) is 16.6. The van der Waals surface area contributed by atoms with Crippen LogP contribution >= 0.6 is 12.2 Å². The number of rotatable bonds is 4. The number of halogens is 4. The van der Waals surface area contributed by atoms with Crippen molar-refractivity contribution in [2.45, 2.75) is 20.8 Å². The summed E-state index contributed by atoms with van der Waals surface area (Å²) < 4.78 is 50.2. The second-order valence-corrected chi connectivity index (χ2v) is 5.15. The molecule has 0 unspecified atom stereocenters. The van der Waals surface area contributed by atoms with Crippen LogP contribution in [0.1, 0.15) is 20.8 Å². The van der Waals surface area contributed by atoms with Gasteiger partial charge in [0.05, 0.1) is 25.3 Å². The third kappa shape index (κ3) is 6.54. The van der Waals surface area contributed by atoms with Gasteiger partial charge in [-0.25, -0.2) is 17.6 Å². The van der Waals surface area contributed by atoms with Crippen LogP contribution in [-0.4, -0.2) is 24.0 Å². The van der Waals surface area contributed by atoms with E-state index in [1.54, 1.807) is 4.90 Å². The van der Waals surface area contributed by atoms with E-state index in [4.69, 9.17) is 0 Å². The normalized spacial score (nSPS) is 10.1. The van der Waals surface area contributed by atoms with Crippen LogP contribution in [-0.2, 0) is 12.6 Å². The van der Waals surface area contributed by atoms with Crippen molar-refractivity contribution in [1.82, 2.24) is 0 Å². The van der Waals surface area contributed by atoms with Crippen molar-refractivity contribution >= 4 is 34.9 Å². The molecule has 2 N–H and O–H groups in total. The topological polar surface area (TPSA) is 16.5 Å². The van der Waals surface area contributed by atoms with Gasteiger partial charge in [-0.05, 0) is 20.8 Å². The smallest absolute Gasteiger partial charge is 0.199 e. The number of nitrogens with one attached hydrogen (secondary N) is 2. The van der Waals surface area contributed by atoms with E-state index in [0.717, 1.165) is 0 Å². The van der Waals surface area contributed by atoms with Gasteiger partial charge in [0.1, 0.15) is 0 Å². The number of hydrogen-bond acceptors (Lipinski definition) is 2. The van der Waals surface area contributed by atoms with Gasteiger partial charge in [0.25, 0.3) is 0 Å². The predicted octanol–water partition coefficient (Wildman–Crippen LogP) is 2.42. The van der Waals surface area contributed by atoms with Crippen LogP contribution in [0.4, 0.5) is 23.2 Å². The Morgan fingerprint density at radius 1 is 1.05 bits per heavy atom. The maximum atomic E-state index is 12.9. The van der Waals surface area contributed by atoms with Gasteiger partial charge in [0.15, 0.2) is 23.3 Å². The fourth-order valence-corrected chi connectivity index (χ4v) is 1.74. The van der Waals surface area contributed by atoms with Crippen molar-refractivity contribution in [1.29, 1.82) is 0 Å². The van der Waals surface area contributed by atoms with Crippen LogP contribution < -0.4 is 10.2 Å². The molecule has 120 valence electrons. The monoisotopic (exact) mass is 342 g/mol. The van der Waals surface area contributed by atoms with Crippen LogP contribution in [0.3, 0.4) is 0 Å². The minimum atomic E-state index is -1.90. The van der Waals surface area contributed by atoms with Crippen molar-refractivity contribution in [2.75, 3.05) is 25.0 Å². The number of hydrogen-bond donors (Lipinski definition) is 2. The Morgan fingerprint density at radius 3 is 1.86 bits per heavy atom. The molecule has 8 heteroatoms. The number of benzene rings is 1. The highest BCUT2D eigenvalue weighted by Crippen LogP contribution is 2.22. The lowest BCUT2D eigenvalue weighted by atomic mass is 10.2. The summed E-state index contributed by atoms with van der Waals surface area (Å²) >= 11 is 8.71. The summed E-state index contributed by atoms with van der Waals surface area (Å²) in [5.41, 5.74) is -0.624. The molecule has 1 rings (SSSR count). The molecule has 1 aromatic rings. The summed E-state index contributed by atoms with van der Waals surface area (Å²) in [4.78, 5) is 1.68. The van der Waals surface area contributed by atoms with Gasteiger partial charge < -0.3 is 35.1 Å². The average Bonchev–Trinajstić information content (AvgIpc) is 2.44. The summed E-state index contributed by atoms with van der Waals surface area (Å²) in [5.74, 6) is -6.85. The minimum absolute atomic E-state index is 0.297. The maximum Gasteiger partial charge on any atom is 0.199 e. The lowest BCUT2D eigenvalue weighted by Gasteiger charge is -2.11. The van der Waals surface area contributed by atoms with E-state index in [1.165, 1.54) is 19.6 Å². The summed E-state index contributed by atoms with van der Waals surface area (Å²) in [5, 5.41) is 2.01. The molecule has 0 spiro atoms. The van der Waals surface area contributed by atoms with Crippen LogP contribution in [0.15, 0.2) is 6.07 Å². The molecule has 0 bridgehead atoms. The van der Waals surface area contributed by atoms with E-state index in [-0.39, 0.29) is 4.32 Å². The summed E-state index contributed by atoms with van der Waals surface area (Å²) in [6.45, 7) is 10.5. The Kier molecular flexibility index (Phi) is 9.39. The molecule has 0 heterocycles. The first kappa shape index (κ1) is 20.0. The van der Waals surface area contributed by atoms with Gasteiger partial charge >= 0.3 is 0 Å². The Morgan fingerprint density at radius 2 is 1.52 bits per heavy atom. The SMILES string of the molecule is CC[NH+](CC)CC.Fc1cc(NC(=S)[S-])c(F)c(F)c1F. The fraction of sp³-hybridized carbons (Fsp3) is 0.462. The fourth-order valence-electron chi connectivity index (χ4n) is 1.52. The molecule has 0 radical (unpaired) electrons. The Hall–Kier alpha value is -0.990. The first-order valence-corrected chi connectivity index (χ1v) is 7.24. The molecule has 21 heavy (non-hydrogen) atoms. The van der Waals surface area contributed by atoms with E-state index in [2.05, 4.69) is 45.6 Å². The number of anilines is 1. The molecular weight excluding hydrogens is 324 g/mol. The average molecular weight is 342 g/mol. The van der Waals surface area contributed by atoms with Crippen molar-refractivity contribution in [3.63, 3.8) is 0 Å². The summed E-state index contributed by atoms with van der Waals surface area (Å²) in [6.07, 6.45) is 0. The first-order chi connectivity index (χ1) is 9.78. The van der Waals surface area contributed by atoms with Gasteiger partial charge in [-0.15, -0.1) is 0 Å². The van der Waals surface area contributed by atoms with Crippen LogP contribution in [0, 0.1) is 23.3 Å². The first-order valence-electron chi connectivity index (χ1n) is 6.42. The molecule has 0 aromatic heterocycles. The molecular formula is C13H18F4N2S2. The minimum Gasteiger partial charge on any atom is -0.411 e. The van der Waals surface area contributed by atoms with Gasteiger partial charge in [0.2, 0.25) is 0 Å². The highest BCUT2D eigenvalue weighted by Gasteiger charge is 2.18. The van der Waals surface area contributed by atoms with E-state index in [1.807, 2.05) is 5.32 Å². The Labute approximate surface area is 132 Å². The summed E-state index contributed by atoms with van der Waals surface area (Å²) in [6, 6.07) is 0.437. The second-order valence-electron chi connectivity index (χ2n) is 4.07. The molecule has 0 amide bonds. The van der Waals surface area contributed by atoms with E-state index in [0.29, 0.717) is 6.07 Å². The van der Waals surface area contributed by atoms with Crippen molar-refractivity contribution in [2.24, 2.45) is 0 Å². The molecule has 2 nitrogen and oxygen atoms in total. The Bertz CT molecular complexity index is 474. The van der Waals surface area contributed by atoms with E-state index in [9.17, 15) is 17.6 Å². The molecule has 0 saturated heterocycles. The highest BCUT2D eigenvalue weighted by molar-refractivity contribution is 8.00. The zero-order valence-electron chi connectivity index (χ0n) is 12.0. The van der Waals surface area contributed by atoms with Crippen LogP contribution in [0.5, 0.6) is 0 Å². The van der Waals surface area contributed by atoms with Gasteiger partial charge in [0, 0.05) is 6.07 Å². The van der Waals surface area contributed by atoms with Crippen LogP contribution in [0.25, 0.3) is 0 Å². The van der Waals surface area contributed by atoms with Crippen molar-refractivity contribution < 1.29 is 22.5 Å². The third-order valence-electron chi connectivity index (χ3n) is 2.84. The van der Waals surface area contributed by atoms with Gasteiger partial charge in [-0.1, -0.05) is 4.32 Å². The molecule has 0 aliphatic heterocycles. The highest BCUT2D eigenvalue weighted by atomic mass is 32.1. The molecule has 0 saturated carbocycles. The lowest BCUT2D eigenvalue weighted by molar-refractivity contribution is -0.894. The molecule has 0 aliphatic rings. The second kappa shape index (κ2) is 9.86. The van der Waals surface area contributed by atoms with Crippen molar-refractivity contribution in [3.05, 3.63) is 29.3 Å². The number of thiocarbonyl (C=S) groups is 1. The molecule has 0 atom stereocenters. The predicted molar refractivity (Wildman–Crippen MR) is 82.4 cm³/mol. The quantitative estimate of drug-likeness (QED) is 0.288. The largest absolute Gasteiger partial charge is 0.411 e. The Balaban J connectivity index is 0.000000486. The number of quaternary nitrogens is 1. The standard InChI is InChI=1S/C7H3F4NS2.C6H15N/c8-2-1-3(12-7(13)14)5(10)6(11)4(2)9;1-4-7(5-2)6-3/h1H,(H2,12,13,14);4-6H2,1-3H3. The molecule has 0 fully saturated rings. The molecule has 1 aromatic carbocycles. The van der Waals surface area contributed by atoms with E-state index < -0.39 is 29.0 Å². The zero-order valence-corrected chi connectivity index (χ0v) is 13.7.